The van der Waals surface area contributed by atoms with E-state index in [1.54, 1.807) is 19.1 Å². The van der Waals surface area contributed by atoms with Gasteiger partial charge in [-0.2, -0.15) is 0 Å². The summed E-state index contributed by atoms with van der Waals surface area (Å²) in [6.45, 7) is 2.17. The van der Waals surface area contributed by atoms with Crippen LogP contribution in [-0.2, 0) is 33.7 Å². The van der Waals surface area contributed by atoms with Crippen LogP contribution in [0.2, 0.25) is 0 Å². The number of thiophene rings is 1. The quantitative estimate of drug-likeness (QED) is 0.534. The minimum Gasteiger partial charge on any atom is -0.480 e. The number of rotatable bonds is 9. The SMILES string of the molecule is CCOC(=O)c1c(NC(=O)CC(NCc2ccco2)C(=O)O)sc2c1CCCC2. The number of furan rings is 1. The average Bonchev–Trinajstić information content (AvgIpc) is 3.32. The van der Waals surface area contributed by atoms with Crippen LogP contribution in [0.1, 0.15) is 52.7 Å². The molecule has 0 radical (unpaired) electrons. The molecule has 1 aliphatic carbocycles. The number of carbonyl (C=O) groups is 3. The smallest absolute Gasteiger partial charge is 0.341 e. The topological polar surface area (TPSA) is 118 Å². The van der Waals surface area contributed by atoms with Gasteiger partial charge in [0, 0.05) is 4.88 Å². The van der Waals surface area contributed by atoms with Crippen molar-refractivity contribution in [1.82, 2.24) is 5.32 Å². The number of aliphatic carboxylic acids is 1. The molecular weight excluding hydrogens is 396 g/mol. The first-order valence-corrected chi connectivity index (χ1v) is 10.4. The number of fused-ring (bicyclic) bond motifs is 1. The molecule has 0 aliphatic heterocycles. The molecule has 2 aromatic rings. The second-order valence-electron chi connectivity index (χ2n) is 6.74. The Bertz CT molecular complexity index is 874. The molecule has 9 heteroatoms. The number of amides is 1. The molecule has 3 rings (SSSR count). The van der Waals surface area contributed by atoms with E-state index in [1.807, 2.05) is 0 Å². The number of hydrogen-bond acceptors (Lipinski definition) is 7. The normalized spacial score (nSPS) is 14.1. The molecule has 1 amide bonds. The summed E-state index contributed by atoms with van der Waals surface area (Å²) >= 11 is 1.38. The monoisotopic (exact) mass is 420 g/mol. The Morgan fingerprint density at radius 3 is 2.79 bits per heavy atom. The van der Waals surface area contributed by atoms with Crippen LogP contribution in [0, 0.1) is 0 Å². The fraction of sp³-hybridized carbons (Fsp3) is 0.450. The van der Waals surface area contributed by atoms with E-state index in [1.165, 1.54) is 17.6 Å². The van der Waals surface area contributed by atoms with Crippen LogP contribution in [-0.4, -0.2) is 35.6 Å². The van der Waals surface area contributed by atoms with Gasteiger partial charge in [-0.3, -0.25) is 14.9 Å². The molecule has 2 heterocycles. The Morgan fingerprint density at radius 1 is 1.31 bits per heavy atom. The van der Waals surface area contributed by atoms with Gasteiger partial charge in [0.05, 0.1) is 31.4 Å². The third-order valence-corrected chi connectivity index (χ3v) is 5.90. The van der Waals surface area contributed by atoms with Crippen LogP contribution in [0.5, 0.6) is 0 Å². The first-order chi connectivity index (χ1) is 14.0. The second kappa shape index (κ2) is 9.71. The van der Waals surface area contributed by atoms with Crippen molar-refractivity contribution in [1.29, 1.82) is 0 Å². The van der Waals surface area contributed by atoms with Crippen LogP contribution in [0.25, 0.3) is 0 Å². The van der Waals surface area contributed by atoms with Crippen molar-refractivity contribution in [3.05, 3.63) is 40.2 Å². The summed E-state index contributed by atoms with van der Waals surface area (Å²) in [6.07, 6.45) is 4.89. The van der Waals surface area contributed by atoms with Crippen LogP contribution in [0.3, 0.4) is 0 Å². The maximum atomic E-state index is 12.6. The summed E-state index contributed by atoms with van der Waals surface area (Å²) in [7, 11) is 0. The third kappa shape index (κ3) is 5.24. The number of carboxylic acids is 1. The number of nitrogens with one attached hydrogen (secondary N) is 2. The lowest BCUT2D eigenvalue weighted by Gasteiger charge is -2.14. The summed E-state index contributed by atoms with van der Waals surface area (Å²) in [5.74, 6) is -1.49. The van der Waals surface area contributed by atoms with Gasteiger partial charge in [-0.15, -0.1) is 11.3 Å². The van der Waals surface area contributed by atoms with Gasteiger partial charge >= 0.3 is 11.9 Å². The molecule has 1 aliphatic rings. The fourth-order valence-corrected chi connectivity index (χ4v) is 4.61. The van der Waals surface area contributed by atoms with Gasteiger partial charge in [0.1, 0.15) is 16.8 Å². The zero-order chi connectivity index (χ0) is 20.8. The molecule has 1 atom stereocenters. The molecule has 156 valence electrons. The van der Waals surface area contributed by atoms with Gasteiger partial charge in [-0.1, -0.05) is 0 Å². The lowest BCUT2D eigenvalue weighted by molar-refractivity contribution is -0.141. The predicted octanol–water partition coefficient (Wildman–Crippen LogP) is 2.97. The van der Waals surface area contributed by atoms with Gasteiger partial charge in [-0.05, 0) is 50.3 Å². The molecular formula is C20H24N2O6S. The summed E-state index contributed by atoms with van der Waals surface area (Å²) in [6, 6.07) is 2.34. The minimum atomic E-state index is -1.14. The molecule has 0 saturated heterocycles. The number of aryl methyl sites for hydroxylation is 1. The van der Waals surface area contributed by atoms with Gasteiger partial charge in [0.25, 0.3) is 0 Å². The fourth-order valence-electron chi connectivity index (χ4n) is 3.32. The van der Waals surface area contributed by atoms with E-state index in [9.17, 15) is 19.5 Å². The van der Waals surface area contributed by atoms with E-state index >= 15 is 0 Å². The summed E-state index contributed by atoms with van der Waals surface area (Å²) in [5, 5.41) is 15.4. The van der Waals surface area contributed by atoms with Crippen molar-refractivity contribution >= 4 is 34.2 Å². The highest BCUT2D eigenvalue weighted by atomic mass is 32.1. The highest BCUT2D eigenvalue weighted by Crippen LogP contribution is 2.38. The highest BCUT2D eigenvalue weighted by Gasteiger charge is 2.28. The Morgan fingerprint density at radius 2 is 2.10 bits per heavy atom. The zero-order valence-corrected chi connectivity index (χ0v) is 17.0. The lowest BCUT2D eigenvalue weighted by atomic mass is 9.95. The van der Waals surface area contributed by atoms with E-state index in [-0.39, 0.29) is 19.6 Å². The standard InChI is InChI=1S/C20H24N2O6S/c1-2-27-20(26)17-13-7-3-4-8-15(13)29-18(17)22-16(23)10-14(19(24)25)21-11-12-6-5-9-28-12/h5-6,9,14,21H,2-4,7-8,10-11H2,1H3,(H,22,23)(H,24,25). The second-order valence-corrected chi connectivity index (χ2v) is 7.84. The largest absolute Gasteiger partial charge is 0.480 e. The first kappa shape index (κ1) is 21.1. The molecule has 3 N–H and O–H groups in total. The van der Waals surface area contributed by atoms with Gasteiger partial charge < -0.3 is 19.6 Å². The van der Waals surface area contributed by atoms with Crippen molar-refractivity contribution < 1.29 is 28.6 Å². The number of hydrogen-bond donors (Lipinski definition) is 3. The molecule has 0 spiro atoms. The third-order valence-electron chi connectivity index (χ3n) is 4.69. The summed E-state index contributed by atoms with van der Waals surface area (Å²) < 4.78 is 10.3. The van der Waals surface area contributed by atoms with Gasteiger partial charge in [0.15, 0.2) is 0 Å². The van der Waals surface area contributed by atoms with E-state index < -0.39 is 23.9 Å². The van der Waals surface area contributed by atoms with Crippen LogP contribution in [0.4, 0.5) is 5.00 Å². The first-order valence-electron chi connectivity index (χ1n) is 9.59. The molecule has 0 fully saturated rings. The Balaban J connectivity index is 1.70. The van der Waals surface area contributed by atoms with Gasteiger partial charge in [-0.25, -0.2) is 4.79 Å². The van der Waals surface area contributed by atoms with Crippen LogP contribution in [0.15, 0.2) is 22.8 Å². The lowest BCUT2D eigenvalue weighted by Crippen LogP contribution is -2.39. The maximum absolute atomic E-state index is 12.6. The number of ether oxygens (including phenoxy) is 1. The Labute approximate surface area is 172 Å². The molecule has 0 aromatic carbocycles. The summed E-state index contributed by atoms with van der Waals surface area (Å²) in [5.41, 5.74) is 1.36. The van der Waals surface area contributed by atoms with Crippen molar-refractivity contribution in [2.45, 2.75) is 51.6 Å². The Kier molecular flexibility index (Phi) is 7.05. The molecule has 8 nitrogen and oxygen atoms in total. The van der Waals surface area contributed by atoms with E-state index in [4.69, 9.17) is 9.15 Å². The number of carbonyl (C=O) groups excluding carboxylic acids is 2. The minimum absolute atomic E-state index is 0.193. The molecule has 0 saturated carbocycles. The van der Waals surface area contributed by atoms with Crippen LogP contribution < -0.4 is 10.6 Å². The molecule has 0 bridgehead atoms. The van der Waals surface area contributed by atoms with Crippen molar-refractivity contribution in [3.8, 4) is 0 Å². The number of carboxylic acid groups (broad SMARTS) is 1. The summed E-state index contributed by atoms with van der Waals surface area (Å²) in [4.78, 5) is 37.6. The van der Waals surface area contributed by atoms with Crippen LogP contribution >= 0.6 is 11.3 Å². The van der Waals surface area contributed by atoms with Crippen molar-refractivity contribution in [2.75, 3.05) is 11.9 Å². The van der Waals surface area contributed by atoms with E-state index in [0.29, 0.717) is 16.3 Å². The van der Waals surface area contributed by atoms with E-state index in [2.05, 4.69) is 10.6 Å². The number of anilines is 1. The Hall–Kier alpha value is -2.65. The maximum Gasteiger partial charge on any atom is 0.341 e. The molecule has 29 heavy (non-hydrogen) atoms. The highest BCUT2D eigenvalue weighted by molar-refractivity contribution is 7.17. The predicted molar refractivity (Wildman–Crippen MR) is 107 cm³/mol. The van der Waals surface area contributed by atoms with Crippen molar-refractivity contribution in [3.63, 3.8) is 0 Å². The zero-order valence-electron chi connectivity index (χ0n) is 16.2. The van der Waals surface area contributed by atoms with Crippen molar-refractivity contribution in [2.24, 2.45) is 0 Å². The molecule has 1 unspecified atom stereocenters. The van der Waals surface area contributed by atoms with E-state index in [0.717, 1.165) is 36.1 Å². The number of esters is 1. The molecule has 2 aromatic heterocycles. The average molecular weight is 420 g/mol. The van der Waals surface area contributed by atoms with Gasteiger partial charge in [0.2, 0.25) is 5.91 Å².